The fraction of sp³-hybridized carbons (Fsp3) is 0.133. The molecule has 0 bridgehead atoms. The molecule has 0 amide bonds. The molecule has 0 radical (unpaired) electrons. The Morgan fingerprint density at radius 2 is 1.72 bits per heavy atom. The lowest BCUT2D eigenvalue weighted by atomic mass is 9.99. The van der Waals surface area contributed by atoms with Gasteiger partial charge in [-0.05, 0) is 47.9 Å². The van der Waals surface area contributed by atoms with Crippen LogP contribution in [0.15, 0.2) is 41.4 Å². The van der Waals surface area contributed by atoms with Gasteiger partial charge < -0.3 is 11.5 Å². The van der Waals surface area contributed by atoms with E-state index in [1.165, 1.54) is 11.1 Å². The lowest BCUT2D eigenvalue weighted by molar-refractivity contribution is 1.36. The molecule has 0 aromatic heterocycles. The van der Waals surface area contributed by atoms with Crippen molar-refractivity contribution in [1.82, 2.24) is 0 Å². The SMILES string of the molecule is Cc1cc(N)ccc1C1=Nc2cc(N)ccc2C1. The predicted molar refractivity (Wildman–Crippen MR) is 76.3 cm³/mol. The highest BCUT2D eigenvalue weighted by atomic mass is 14.8. The fourth-order valence-electron chi connectivity index (χ4n) is 2.37. The van der Waals surface area contributed by atoms with Crippen molar-refractivity contribution in [2.45, 2.75) is 13.3 Å². The summed E-state index contributed by atoms with van der Waals surface area (Å²) in [5, 5.41) is 0. The summed E-state index contributed by atoms with van der Waals surface area (Å²) in [5.74, 6) is 0. The van der Waals surface area contributed by atoms with Gasteiger partial charge in [0, 0.05) is 17.8 Å². The van der Waals surface area contributed by atoms with Crippen LogP contribution in [0.2, 0.25) is 0 Å². The standard InChI is InChI=1S/C15H15N3/c1-9-6-11(16)4-5-13(9)15-7-10-2-3-12(17)8-14(10)18-15/h2-6,8H,7,16-17H2,1H3. The van der Waals surface area contributed by atoms with Gasteiger partial charge in [-0.25, -0.2) is 0 Å². The Hall–Kier alpha value is -2.29. The van der Waals surface area contributed by atoms with Gasteiger partial charge in [0.2, 0.25) is 0 Å². The number of aliphatic imine (C=N–C) groups is 1. The first-order valence-electron chi connectivity index (χ1n) is 5.96. The van der Waals surface area contributed by atoms with Gasteiger partial charge in [-0.1, -0.05) is 12.1 Å². The normalized spacial score (nSPS) is 13.3. The van der Waals surface area contributed by atoms with Crippen LogP contribution in [0.3, 0.4) is 0 Å². The summed E-state index contributed by atoms with van der Waals surface area (Å²) in [6.45, 7) is 2.06. The van der Waals surface area contributed by atoms with Gasteiger partial charge in [0.15, 0.2) is 0 Å². The molecule has 1 heterocycles. The molecule has 0 aliphatic carbocycles. The molecule has 0 fully saturated rings. The molecule has 0 unspecified atom stereocenters. The first-order chi connectivity index (χ1) is 8.63. The highest BCUT2D eigenvalue weighted by Crippen LogP contribution is 2.31. The van der Waals surface area contributed by atoms with E-state index in [0.717, 1.165) is 34.8 Å². The van der Waals surface area contributed by atoms with Crippen LogP contribution < -0.4 is 11.5 Å². The number of hydrogen-bond donors (Lipinski definition) is 2. The Morgan fingerprint density at radius 1 is 1.00 bits per heavy atom. The van der Waals surface area contributed by atoms with Crippen LogP contribution in [0, 0.1) is 6.92 Å². The molecule has 3 heteroatoms. The van der Waals surface area contributed by atoms with Crippen molar-refractivity contribution in [3.05, 3.63) is 53.1 Å². The van der Waals surface area contributed by atoms with Gasteiger partial charge in [0.1, 0.15) is 0 Å². The summed E-state index contributed by atoms with van der Waals surface area (Å²) >= 11 is 0. The van der Waals surface area contributed by atoms with E-state index in [9.17, 15) is 0 Å². The highest BCUT2D eigenvalue weighted by Gasteiger charge is 2.17. The van der Waals surface area contributed by atoms with Crippen molar-refractivity contribution < 1.29 is 0 Å². The Balaban J connectivity index is 2.04. The summed E-state index contributed by atoms with van der Waals surface area (Å²) in [4.78, 5) is 4.67. The molecule has 18 heavy (non-hydrogen) atoms. The van der Waals surface area contributed by atoms with Crippen molar-refractivity contribution in [2.75, 3.05) is 11.5 Å². The average Bonchev–Trinajstić information content (AvgIpc) is 2.71. The molecule has 0 saturated heterocycles. The molecule has 0 saturated carbocycles. The largest absolute Gasteiger partial charge is 0.399 e. The minimum atomic E-state index is 0.757. The lowest BCUT2D eigenvalue weighted by Crippen LogP contribution is -2.03. The van der Waals surface area contributed by atoms with E-state index in [-0.39, 0.29) is 0 Å². The lowest BCUT2D eigenvalue weighted by Gasteiger charge is -2.06. The van der Waals surface area contributed by atoms with Crippen LogP contribution in [0.5, 0.6) is 0 Å². The van der Waals surface area contributed by atoms with Crippen LogP contribution in [0.4, 0.5) is 17.1 Å². The molecule has 0 atom stereocenters. The minimum Gasteiger partial charge on any atom is -0.399 e. The number of anilines is 2. The molecule has 2 aromatic rings. The molecule has 1 aliphatic heterocycles. The monoisotopic (exact) mass is 237 g/mol. The molecule has 1 aliphatic rings. The van der Waals surface area contributed by atoms with Crippen LogP contribution in [0.1, 0.15) is 16.7 Å². The maximum atomic E-state index is 5.78. The van der Waals surface area contributed by atoms with Crippen LogP contribution in [0.25, 0.3) is 0 Å². The second kappa shape index (κ2) is 3.88. The van der Waals surface area contributed by atoms with E-state index in [1.54, 1.807) is 0 Å². The number of fused-ring (bicyclic) bond motifs is 1. The van der Waals surface area contributed by atoms with Gasteiger partial charge >= 0.3 is 0 Å². The smallest absolute Gasteiger partial charge is 0.0689 e. The van der Waals surface area contributed by atoms with Gasteiger partial charge in [-0.15, -0.1) is 0 Å². The van der Waals surface area contributed by atoms with Crippen molar-refractivity contribution in [2.24, 2.45) is 4.99 Å². The second-order valence-corrected chi connectivity index (χ2v) is 4.70. The van der Waals surface area contributed by atoms with E-state index in [2.05, 4.69) is 11.9 Å². The molecule has 2 aromatic carbocycles. The molecule has 3 nitrogen and oxygen atoms in total. The summed E-state index contributed by atoms with van der Waals surface area (Å²) in [6.07, 6.45) is 0.861. The van der Waals surface area contributed by atoms with Gasteiger partial charge in [0.25, 0.3) is 0 Å². The quantitative estimate of drug-likeness (QED) is 0.749. The Morgan fingerprint density at radius 3 is 2.50 bits per heavy atom. The summed E-state index contributed by atoms with van der Waals surface area (Å²) in [6, 6.07) is 11.8. The van der Waals surface area contributed by atoms with E-state index < -0.39 is 0 Å². The Kier molecular flexibility index (Phi) is 2.33. The number of nitrogens with zero attached hydrogens (tertiary/aromatic N) is 1. The van der Waals surface area contributed by atoms with E-state index in [4.69, 9.17) is 11.5 Å². The first-order valence-corrected chi connectivity index (χ1v) is 5.96. The van der Waals surface area contributed by atoms with E-state index >= 15 is 0 Å². The molecular weight excluding hydrogens is 222 g/mol. The first kappa shape index (κ1) is 10.8. The summed E-state index contributed by atoms with van der Waals surface area (Å²) in [5.41, 5.74) is 18.7. The molecule has 90 valence electrons. The summed E-state index contributed by atoms with van der Waals surface area (Å²) < 4.78 is 0. The second-order valence-electron chi connectivity index (χ2n) is 4.70. The van der Waals surface area contributed by atoms with Gasteiger partial charge in [-0.3, -0.25) is 4.99 Å². The van der Waals surface area contributed by atoms with Crippen molar-refractivity contribution in [1.29, 1.82) is 0 Å². The Bertz CT molecular complexity index is 657. The molecule has 3 rings (SSSR count). The third-order valence-electron chi connectivity index (χ3n) is 3.28. The zero-order valence-electron chi connectivity index (χ0n) is 10.3. The number of benzene rings is 2. The highest BCUT2D eigenvalue weighted by molar-refractivity contribution is 6.07. The van der Waals surface area contributed by atoms with Crippen LogP contribution in [-0.2, 0) is 6.42 Å². The maximum Gasteiger partial charge on any atom is 0.0689 e. The predicted octanol–water partition coefficient (Wildman–Crippen LogP) is 2.84. The number of nitrogen functional groups attached to an aromatic ring is 2. The number of hydrogen-bond acceptors (Lipinski definition) is 3. The van der Waals surface area contributed by atoms with E-state index in [0.29, 0.717) is 0 Å². The summed E-state index contributed by atoms with van der Waals surface area (Å²) in [7, 11) is 0. The third kappa shape index (κ3) is 1.74. The van der Waals surface area contributed by atoms with Crippen molar-refractivity contribution >= 4 is 22.8 Å². The maximum absolute atomic E-state index is 5.78. The molecular formula is C15H15N3. The molecule has 0 spiro atoms. The van der Waals surface area contributed by atoms with Gasteiger partial charge in [-0.2, -0.15) is 0 Å². The Labute approximate surface area is 106 Å². The fourth-order valence-corrected chi connectivity index (χ4v) is 2.37. The van der Waals surface area contributed by atoms with E-state index in [1.807, 2.05) is 36.4 Å². The minimum absolute atomic E-state index is 0.757. The van der Waals surface area contributed by atoms with Crippen molar-refractivity contribution in [3.8, 4) is 0 Å². The number of aryl methyl sites for hydroxylation is 1. The topological polar surface area (TPSA) is 64.4 Å². The van der Waals surface area contributed by atoms with Gasteiger partial charge in [0.05, 0.1) is 11.4 Å². The number of rotatable bonds is 1. The zero-order chi connectivity index (χ0) is 12.7. The van der Waals surface area contributed by atoms with Crippen molar-refractivity contribution in [3.63, 3.8) is 0 Å². The van der Waals surface area contributed by atoms with Crippen LogP contribution in [-0.4, -0.2) is 5.71 Å². The van der Waals surface area contributed by atoms with Crippen LogP contribution >= 0.6 is 0 Å². The zero-order valence-corrected chi connectivity index (χ0v) is 10.3. The number of nitrogens with two attached hydrogens (primary N) is 2. The molecule has 4 N–H and O–H groups in total. The average molecular weight is 237 g/mol. The third-order valence-corrected chi connectivity index (χ3v) is 3.28.